The van der Waals surface area contributed by atoms with E-state index in [1.165, 1.54) is 24.9 Å². The Kier molecular flexibility index (Phi) is 10.7. The third kappa shape index (κ3) is 8.40. The van der Waals surface area contributed by atoms with Crippen molar-refractivity contribution in [2.24, 2.45) is 5.73 Å². The molecular weight excluding hydrogens is 504 g/mol. The highest BCUT2D eigenvalue weighted by atomic mass is 16.6. The maximum atomic E-state index is 12.5. The summed E-state index contributed by atoms with van der Waals surface area (Å²) in [4.78, 5) is 26.9. The lowest BCUT2D eigenvalue weighted by Crippen LogP contribution is -2.29. The van der Waals surface area contributed by atoms with Crippen LogP contribution in [0.3, 0.4) is 0 Å². The van der Waals surface area contributed by atoms with E-state index in [9.17, 15) is 14.9 Å². The second-order valence-corrected chi connectivity index (χ2v) is 9.82. The topological polar surface area (TPSA) is 118 Å². The van der Waals surface area contributed by atoms with Crippen molar-refractivity contribution in [2.45, 2.75) is 31.7 Å². The predicted molar refractivity (Wildman–Crippen MR) is 156 cm³/mol. The molecule has 0 unspecified atom stereocenters. The van der Waals surface area contributed by atoms with Gasteiger partial charge >= 0.3 is 5.97 Å². The molecule has 1 aliphatic heterocycles. The molecule has 1 aliphatic rings. The highest BCUT2D eigenvalue weighted by Crippen LogP contribution is 2.26. The number of esters is 1. The fourth-order valence-corrected chi connectivity index (χ4v) is 4.71. The van der Waals surface area contributed by atoms with Gasteiger partial charge in [0.05, 0.1) is 19.6 Å². The highest BCUT2D eigenvalue weighted by Gasteiger charge is 2.13. The molecule has 3 aromatic carbocycles. The average molecular weight is 541 g/mol. The molecule has 3 aromatic rings. The number of fused-ring (bicyclic) bond motifs is 1. The smallest absolute Gasteiger partial charge is 0.307 e. The summed E-state index contributed by atoms with van der Waals surface area (Å²) in [5.74, 6) is -0.860. The molecule has 0 radical (unpaired) electrons. The number of hydrogen-bond acceptors (Lipinski definition) is 7. The van der Waals surface area contributed by atoms with E-state index in [2.05, 4.69) is 28.4 Å². The molecule has 8 nitrogen and oxygen atoms in total. The minimum atomic E-state index is -0.465. The van der Waals surface area contributed by atoms with Crippen LogP contribution in [0.4, 0.5) is 5.69 Å². The van der Waals surface area contributed by atoms with Gasteiger partial charge in [-0.1, -0.05) is 48.5 Å². The van der Waals surface area contributed by atoms with Crippen LogP contribution < -0.4 is 16.0 Å². The monoisotopic (exact) mass is 540 g/mol. The van der Waals surface area contributed by atoms with Crippen LogP contribution in [-0.4, -0.2) is 51.3 Å². The van der Waals surface area contributed by atoms with Gasteiger partial charge < -0.3 is 25.4 Å². The average Bonchev–Trinajstić information content (AvgIpc) is 2.99. The number of hydrogen-bond donors (Lipinski definition) is 2. The van der Waals surface area contributed by atoms with Crippen LogP contribution in [-0.2, 0) is 19.1 Å². The zero-order chi connectivity index (χ0) is 28.2. The van der Waals surface area contributed by atoms with Crippen LogP contribution in [0.1, 0.15) is 42.9 Å². The molecule has 0 spiro atoms. The Labute approximate surface area is 235 Å². The van der Waals surface area contributed by atoms with Crippen molar-refractivity contribution in [3.63, 3.8) is 0 Å². The van der Waals surface area contributed by atoms with E-state index in [1.807, 2.05) is 54.6 Å². The van der Waals surface area contributed by atoms with Gasteiger partial charge in [-0.15, -0.1) is 0 Å². The second kappa shape index (κ2) is 14.8. The molecule has 0 aliphatic carbocycles. The summed E-state index contributed by atoms with van der Waals surface area (Å²) in [6.45, 7) is 2.92. The summed E-state index contributed by atoms with van der Waals surface area (Å²) in [6.07, 6.45) is 5.43. The summed E-state index contributed by atoms with van der Waals surface area (Å²) in [5.41, 5.74) is 8.95. The SMILES string of the molecule is N#C/C(=C\c1ccc2cc(N3CCCCC3)ccc2c1)C(=O)NCCOCCOC(=O)C[C@@H](N)c1ccccc1. The lowest BCUT2D eigenvalue weighted by atomic mass is 10.0. The number of piperidine rings is 1. The van der Waals surface area contributed by atoms with Crippen molar-refractivity contribution in [1.82, 2.24) is 5.32 Å². The molecule has 3 N–H and O–H groups in total. The molecule has 208 valence electrons. The summed E-state index contributed by atoms with van der Waals surface area (Å²) >= 11 is 0. The first-order chi connectivity index (χ1) is 19.5. The number of carbonyl (C=O) groups is 2. The molecule has 8 heteroatoms. The molecule has 1 fully saturated rings. The lowest BCUT2D eigenvalue weighted by Gasteiger charge is -2.29. The number of nitrogens with zero attached hydrogens (tertiary/aromatic N) is 2. The summed E-state index contributed by atoms with van der Waals surface area (Å²) in [6, 6.07) is 23.3. The third-order valence-corrected chi connectivity index (χ3v) is 6.88. The second-order valence-electron chi connectivity index (χ2n) is 9.82. The van der Waals surface area contributed by atoms with Crippen molar-refractivity contribution in [3.05, 3.63) is 83.4 Å². The van der Waals surface area contributed by atoms with Crippen molar-refractivity contribution in [1.29, 1.82) is 5.26 Å². The maximum absolute atomic E-state index is 12.5. The quantitative estimate of drug-likeness (QED) is 0.150. The summed E-state index contributed by atoms with van der Waals surface area (Å²) in [7, 11) is 0. The largest absolute Gasteiger partial charge is 0.463 e. The maximum Gasteiger partial charge on any atom is 0.307 e. The zero-order valence-electron chi connectivity index (χ0n) is 22.7. The van der Waals surface area contributed by atoms with Crippen LogP contribution >= 0.6 is 0 Å². The van der Waals surface area contributed by atoms with Crippen LogP contribution in [0.5, 0.6) is 0 Å². The van der Waals surface area contributed by atoms with Crippen molar-refractivity contribution >= 4 is 34.4 Å². The fourth-order valence-electron chi connectivity index (χ4n) is 4.71. The minimum absolute atomic E-state index is 0.0213. The van der Waals surface area contributed by atoms with E-state index in [0.717, 1.165) is 35.0 Å². The Morgan fingerprint density at radius 3 is 2.50 bits per heavy atom. The van der Waals surface area contributed by atoms with Crippen LogP contribution in [0, 0.1) is 11.3 Å². The van der Waals surface area contributed by atoms with E-state index in [1.54, 1.807) is 6.08 Å². The number of amides is 1. The summed E-state index contributed by atoms with van der Waals surface area (Å²) < 4.78 is 10.6. The first-order valence-electron chi connectivity index (χ1n) is 13.8. The molecule has 1 atom stereocenters. The van der Waals surface area contributed by atoms with Gasteiger partial charge in [0, 0.05) is 31.4 Å². The van der Waals surface area contributed by atoms with E-state index in [0.29, 0.717) is 0 Å². The molecule has 1 amide bonds. The molecule has 0 saturated carbocycles. The number of carbonyl (C=O) groups excluding carboxylic acids is 2. The van der Waals surface area contributed by atoms with E-state index >= 15 is 0 Å². The van der Waals surface area contributed by atoms with Gasteiger partial charge in [-0.05, 0) is 65.4 Å². The molecule has 1 heterocycles. The molecule has 40 heavy (non-hydrogen) atoms. The number of nitrogens with two attached hydrogens (primary N) is 1. The standard InChI is InChI=1S/C32H36N4O4/c33-23-28(20-24-9-10-27-21-29(12-11-26(27)19-24)36-14-5-2-6-15-36)32(38)35-13-16-39-17-18-40-31(37)22-30(34)25-7-3-1-4-8-25/h1,3-4,7-12,19-21,30H,2,5-6,13-18,22,34H2,(H,35,38)/b28-20+/t30-/m1/s1. The third-order valence-electron chi connectivity index (χ3n) is 6.88. The number of benzene rings is 3. The first-order valence-corrected chi connectivity index (χ1v) is 13.8. The van der Waals surface area contributed by atoms with Gasteiger partial charge in [-0.2, -0.15) is 5.26 Å². The van der Waals surface area contributed by atoms with E-state index in [4.69, 9.17) is 15.2 Å². The predicted octanol–water partition coefficient (Wildman–Crippen LogP) is 4.50. The highest BCUT2D eigenvalue weighted by molar-refractivity contribution is 6.02. The van der Waals surface area contributed by atoms with Crippen LogP contribution in [0.15, 0.2) is 72.3 Å². The van der Waals surface area contributed by atoms with Gasteiger partial charge in [0.2, 0.25) is 0 Å². The van der Waals surface area contributed by atoms with Crippen LogP contribution in [0.25, 0.3) is 16.8 Å². The molecule has 1 saturated heterocycles. The molecule has 0 aromatic heterocycles. The fraction of sp³-hybridized carbons (Fsp3) is 0.344. The van der Waals surface area contributed by atoms with Crippen LogP contribution in [0.2, 0.25) is 0 Å². The Balaban J connectivity index is 1.17. The van der Waals surface area contributed by atoms with Crippen molar-refractivity contribution in [2.75, 3.05) is 44.4 Å². The van der Waals surface area contributed by atoms with Crippen molar-refractivity contribution < 1.29 is 19.1 Å². The first kappa shape index (κ1) is 28.8. The Morgan fingerprint density at radius 2 is 1.73 bits per heavy atom. The van der Waals surface area contributed by atoms with Gasteiger partial charge in [0.15, 0.2) is 0 Å². The number of rotatable bonds is 12. The zero-order valence-corrected chi connectivity index (χ0v) is 22.7. The van der Waals surface area contributed by atoms with Gasteiger partial charge in [-0.25, -0.2) is 0 Å². The Hall–Kier alpha value is -4.19. The van der Waals surface area contributed by atoms with Gasteiger partial charge in [0.25, 0.3) is 5.91 Å². The molecule has 4 rings (SSSR count). The number of anilines is 1. The number of ether oxygens (including phenoxy) is 2. The van der Waals surface area contributed by atoms with Gasteiger partial charge in [-0.3, -0.25) is 9.59 Å². The number of nitriles is 1. The normalized spacial score (nSPS) is 14.4. The minimum Gasteiger partial charge on any atom is -0.463 e. The van der Waals surface area contributed by atoms with Crippen molar-refractivity contribution in [3.8, 4) is 6.07 Å². The van der Waals surface area contributed by atoms with E-state index in [-0.39, 0.29) is 38.4 Å². The van der Waals surface area contributed by atoms with Gasteiger partial charge in [0.1, 0.15) is 18.2 Å². The number of nitrogens with one attached hydrogen (secondary N) is 1. The lowest BCUT2D eigenvalue weighted by molar-refractivity contribution is -0.145. The van der Waals surface area contributed by atoms with E-state index < -0.39 is 17.9 Å². The summed E-state index contributed by atoms with van der Waals surface area (Å²) in [5, 5.41) is 14.4. The Morgan fingerprint density at radius 1 is 0.975 bits per heavy atom. The molecule has 0 bridgehead atoms. The molecular formula is C32H36N4O4. The Bertz CT molecular complexity index is 1360.